The molecule has 0 saturated heterocycles. The Bertz CT molecular complexity index is 625. The van der Waals surface area contributed by atoms with Gasteiger partial charge in [0.05, 0.1) is 7.11 Å². The Labute approximate surface area is 112 Å². The minimum Gasteiger partial charge on any atom is -0.497 e. The lowest BCUT2D eigenvalue weighted by Gasteiger charge is -2.05. The molecule has 0 aliphatic heterocycles. The Morgan fingerprint density at radius 1 is 1.50 bits per heavy atom. The number of aromatic nitrogens is 2. The lowest BCUT2D eigenvalue weighted by atomic mass is 10.1. The predicted octanol–water partition coefficient (Wildman–Crippen LogP) is 1.84. The molecule has 1 aromatic carbocycles. The van der Waals surface area contributed by atoms with E-state index in [-0.39, 0.29) is 10.4 Å². The third-order valence-corrected chi connectivity index (χ3v) is 3.11. The van der Waals surface area contributed by atoms with Gasteiger partial charge in [0, 0.05) is 6.42 Å². The van der Waals surface area contributed by atoms with Crippen molar-refractivity contribution in [1.82, 2.24) is 9.97 Å². The van der Waals surface area contributed by atoms with Crippen molar-refractivity contribution >= 4 is 15.9 Å². The zero-order chi connectivity index (χ0) is 13.1. The molecule has 0 unspecified atom stereocenters. The van der Waals surface area contributed by atoms with Gasteiger partial charge in [0.25, 0.3) is 5.56 Å². The van der Waals surface area contributed by atoms with Gasteiger partial charge in [0.2, 0.25) is 5.88 Å². The summed E-state index contributed by atoms with van der Waals surface area (Å²) in [7, 11) is 1.59. The molecule has 0 radical (unpaired) electrons. The van der Waals surface area contributed by atoms with Crippen molar-refractivity contribution in [2.24, 2.45) is 0 Å². The second-order valence-electron chi connectivity index (χ2n) is 3.68. The summed E-state index contributed by atoms with van der Waals surface area (Å²) in [5.74, 6) is 0.821. The van der Waals surface area contributed by atoms with Gasteiger partial charge in [0.15, 0.2) is 0 Å². The van der Waals surface area contributed by atoms with Crippen molar-refractivity contribution < 1.29 is 9.84 Å². The number of benzene rings is 1. The summed E-state index contributed by atoms with van der Waals surface area (Å²) in [6.07, 6.45) is 0.410. The second kappa shape index (κ2) is 5.22. The van der Waals surface area contributed by atoms with Gasteiger partial charge >= 0.3 is 0 Å². The van der Waals surface area contributed by atoms with Crippen molar-refractivity contribution in [2.45, 2.75) is 6.42 Å². The van der Waals surface area contributed by atoms with Crippen LogP contribution in [0.25, 0.3) is 0 Å². The number of hydrogen-bond donors (Lipinski definition) is 2. The molecule has 0 bridgehead atoms. The average Bonchev–Trinajstić information content (AvgIpc) is 2.36. The van der Waals surface area contributed by atoms with Gasteiger partial charge in [-0.1, -0.05) is 12.1 Å². The number of aromatic hydroxyl groups is 1. The first kappa shape index (κ1) is 12.6. The highest BCUT2D eigenvalue weighted by molar-refractivity contribution is 9.10. The van der Waals surface area contributed by atoms with Crippen LogP contribution >= 0.6 is 15.9 Å². The van der Waals surface area contributed by atoms with Crippen molar-refractivity contribution in [3.63, 3.8) is 0 Å². The molecule has 94 valence electrons. The van der Waals surface area contributed by atoms with Gasteiger partial charge in [0.1, 0.15) is 16.0 Å². The highest BCUT2D eigenvalue weighted by Crippen LogP contribution is 2.18. The van der Waals surface area contributed by atoms with Crippen LogP contribution < -0.4 is 10.3 Å². The zero-order valence-corrected chi connectivity index (χ0v) is 11.2. The molecule has 0 aliphatic rings. The van der Waals surface area contributed by atoms with Crippen LogP contribution in [0, 0.1) is 0 Å². The van der Waals surface area contributed by atoms with E-state index < -0.39 is 5.56 Å². The molecule has 6 heteroatoms. The first-order chi connectivity index (χ1) is 8.60. The molecular formula is C12H11BrN2O3. The van der Waals surface area contributed by atoms with Crippen molar-refractivity contribution in [3.05, 3.63) is 50.5 Å². The molecule has 2 N–H and O–H groups in total. The van der Waals surface area contributed by atoms with E-state index in [4.69, 9.17) is 4.74 Å². The zero-order valence-electron chi connectivity index (χ0n) is 9.61. The van der Waals surface area contributed by atoms with E-state index in [0.29, 0.717) is 12.2 Å². The van der Waals surface area contributed by atoms with Crippen LogP contribution in [0.15, 0.2) is 33.5 Å². The highest BCUT2D eigenvalue weighted by Gasteiger charge is 2.08. The van der Waals surface area contributed by atoms with Gasteiger partial charge in [-0.05, 0) is 33.6 Å². The normalized spacial score (nSPS) is 10.3. The van der Waals surface area contributed by atoms with Crippen molar-refractivity contribution in [3.8, 4) is 11.6 Å². The number of halogens is 1. The maximum absolute atomic E-state index is 11.4. The fraction of sp³-hybridized carbons (Fsp3) is 0.167. The van der Waals surface area contributed by atoms with E-state index in [1.54, 1.807) is 7.11 Å². The number of rotatable bonds is 3. The van der Waals surface area contributed by atoms with Gasteiger partial charge in [-0.3, -0.25) is 4.79 Å². The van der Waals surface area contributed by atoms with Crippen LogP contribution in [0.5, 0.6) is 11.6 Å². The van der Waals surface area contributed by atoms with E-state index in [2.05, 4.69) is 25.9 Å². The Morgan fingerprint density at radius 2 is 2.28 bits per heavy atom. The van der Waals surface area contributed by atoms with E-state index in [1.807, 2.05) is 24.3 Å². The fourth-order valence-electron chi connectivity index (χ4n) is 1.55. The van der Waals surface area contributed by atoms with Crippen LogP contribution in [0.3, 0.4) is 0 Å². The van der Waals surface area contributed by atoms with Gasteiger partial charge in [-0.2, -0.15) is 4.98 Å². The molecule has 5 nitrogen and oxygen atoms in total. The summed E-state index contributed by atoms with van der Waals surface area (Å²) in [6, 6.07) is 7.42. The molecule has 1 aromatic heterocycles. The fourth-order valence-corrected chi connectivity index (χ4v) is 1.74. The van der Waals surface area contributed by atoms with E-state index in [1.165, 1.54) is 0 Å². The first-order valence-corrected chi connectivity index (χ1v) is 6.00. The number of nitrogens with zero attached hydrogens (tertiary/aromatic N) is 1. The SMILES string of the molecule is COc1cccc(Cc2nc(O)c(Br)c(=O)[nH]2)c1. The monoisotopic (exact) mass is 310 g/mol. The summed E-state index contributed by atoms with van der Waals surface area (Å²) >= 11 is 2.95. The minimum absolute atomic E-state index is 0.0388. The number of aromatic amines is 1. The van der Waals surface area contributed by atoms with Crippen LogP contribution in [-0.2, 0) is 6.42 Å². The van der Waals surface area contributed by atoms with Crippen molar-refractivity contribution in [2.75, 3.05) is 7.11 Å². The molecule has 0 aliphatic carbocycles. The Hall–Kier alpha value is -1.82. The van der Waals surface area contributed by atoms with Gasteiger partial charge < -0.3 is 14.8 Å². The molecule has 0 amide bonds. The Morgan fingerprint density at radius 3 is 2.94 bits per heavy atom. The van der Waals surface area contributed by atoms with E-state index in [9.17, 15) is 9.90 Å². The van der Waals surface area contributed by atoms with Crippen LogP contribution in [0.4, 0.5) is 0 Å². The molecular weight excluding hydrogens is 300 g/mol. The molecule has 2 rings (SSSR count). The van der Waals surface area contributed by atoms with Gasteiger partial charge in [-0.25, -0.2) is 0 Å². The highest BCUT2D eigenvalue weighted by atomic mass is 79.9. The average molecular weight is 311 g/mol. The number of methoxy groups -OCH3 is 1. The standard InChI is InChI=1S/C12H11BrN2O3/c1-18-8-4-2-3-7(5-8)6-9-14-11(16)10(13)12(17)15-9/h2-5H,6H2,1H3,(H2,14,15,16,17). The number of nitrogens with one attached hydrogen (secondary N) is 1. The summed E-state index contributed by atoms with van der Waals surface area (Å²) < 4.78 is 5.15. The number of ether oxygens (including phenoxy) is 1. The maximum Gasteiger partial charge on any atom is 0.269 e. The first-order valence-electron chi connectivity index (χ1n) is 5.20. The van der Waals surface area contributed by atoms with Crippen molar-refractivity contribution in [1.29, 1.82) is 0 Å². The van der Waals surface area contributed by atoms with Crippen LogP contribution in [0.1, 0.15) is 11.4 Å². The van der Waals surface area contributed by atoms with Crippen LogP contribution in [0.2, 0.25) is 0 Å². The summed E-state index contributed by atoms with van der Waals surface area (Å²) in [6.45, 7) is 0. The molecule has 0 saturated carbocycles. The summed E-state index contributed by atoms with van der Waals surface area (Å²) in [5.41, 5.74) is 0.527. The molecule has 18 heavy (non-hydrogen) atoms. The summed E-state index contributed by atoms with van der Waals surface area (Å²) in [4.78, 5) is 17.9. The lowest BCUT2D eigenvalue weighted by Crippen LogP contribution is -2.12. The molecule has 1 heterocycles. The molecule has 0 spiro atoms. The smallest absolute Gasteiger partial charge is 0.269 e. The van der Waals surface area contributed by atoms with Gasteiger partial charge in [-0.15, -0.1) is 0 Å². The maximum atomic E-state index is 11.4. The summed E-state index contributed by atoms with van der Waals surface area (Å²) in [5, 5.41) is 9.46. The Balaban J connectivity index is 2.31. The minimum atomic E-state index is -0.402. The van der Waals surface area contributed by atoms with E-state index >= 15 is 0 Å². The van der Waals surface area contributed by atoms with E-state index in [0.717, 1.165) is 11.3 Å². The number of hydrogen-bond acceptors (Lipinski definition) is 4. The molecule has 2 aromatic rings. The Kier molecular flexibility index (Phi) is 3.66. The quantitative estimate of drug-likeness (QED) is 0.907. The molecule has 0 fully saturated rings. The third-order valence-electron chi connectivity index (χ3n) is 2.40. The third kappa shape index (κ3) is 2.70. The van der Waals surface area contributed by atoms with Crippen LogP contribution in [-0.4, -0.2) is 22.2 Å². The number of H-pyrrole nitrogens is 1. The largest absolute Gasteiger partial charge is 0.497 e. The lowest BCUT2D eigenvalue weighted by molar-refractivity contribution is 0.414. The molecule has 0 atom stereocenters. The predicted molar refractivity (Wildman–Crippen MR) is 70.0 cm³/mol. The second-order valence-corrected chi connectivity index (χ2v) is 4.47. The topological polar surface area (TPSA) is 75.2 Å².